The van der Waals surface area contributed by atoms with Crippen LogP contribution in [0.4, 0.5) is 0 Å². The Bertz CT molecular complexity index is 466. The summed E-state index contributed by atoms with van der Waals surface area (Å²) in [5, 5.41) is 12.4. The van der Waals surface area contributed by atoms with Gasteiger partial charge in [0.05, 0.1) is 12.2 Å². The maximum Gasteiger partial charge on any atom is 0.322 e. The molecule has 1 heterocycles. The number of carbonyl (C=O) groups is 1. The molecule has 0 spiro atoms. The Labute approximate surface area is 114 Å². The predicted molar refractivity (Wildman–Crippen MR) is 73.3 cm³/mol. The number of aliphatic carboxylic acids is 1. The zero-order valence-electron chi connectivity index (χ0n) is 11.9. The molecule has 2 rings (SSSR count). The maximum atomic E-state index is 11.3. The summed E-state index contributed by atoms with van der Waals surface area (Å²) < 4.78 is 2.09. The average molecular weight is 265 g/mol. The average Bonchev–Trinajstić information content (AvgIpc) is 2.64. The van der Waals surface area contributed by atoms with E-state index in [9.17, 15) is 9.90 Å². The van der Waals surface area contributed by atoms with Gasteiger partial charge < -0.3 is 15.0 Å². The van der Waals surface area contributed by atoms with Crippen LogP contribution in [0, 0.1) is 6.92 Å². The molecule has 1 aromatic heterocycles. The van der Waals surface area contributed by atoms with E-state index in [1.165, 1.54) is 18.5 Å². The summed E-state index contributed by atoms with van der Waals surface area (Å²) in [6.45, 7) is 6.35. The lowest BCUT2D eigenvalue weighted by Gasteiger charge is -2.21. The van der Waals surface area contributed by atoms with E-state index < -0.39 is 12.0 Å². The van der Waals surface area contributed by atoms with Gasteiger partial charge in [-0.15, -0.1) is 0 Å². The molecule has 19 heavy (non-hydrogen) atoms. The maximum absolute atomic E-state index is 11.3. The van der Waals surface area contributed by atoms with Crippen molar-refractivity contribution >= 4 is 5.97 Å². The van der Waals surface area contributed by atoms with Gasteiger partial charge in [0.15, 0.2) is 0 Å². The van der Waals surface area contributed by atoms with Crippen molar-refractivity contribution in [3.05, 3.63) is 17.2 Å². The number of rotatable bonds is 5. The van der Waals surface area contributed by atoms with E-state index in [1.54, 1.807) is 0 Å². The van der Waals surface area contributed by atoms with E-state index in [1.807, 2.05) is 20.8 Å². The summed E-state index contributed by atoms with van der Waals surface area (Å²) in [5.41, 5.74) is 2.40. The summed E-state index contributed by atoms with van der Waals surface area (Å²) in [6, 6.07) is -0.403. The number of nitrogens with one attached hydrogen (secondary N) is 1. The highest BCUT2D eigenvalue weighted by Crippen LogP contribution is 2.22. The van der Waals surface area contributed by atoms with E-state index in [-0.39, 0.29) is 6.04 Å². The van der Waals surface area contributed by atoms with Crippen LogP contribution < -0.4 is 5.32 Å². The molecule has 106 valence electrons. The highest BCUT2D eigenvalue weighted by Gasteiger charge is 2.24. The molecule has 0 saturated heterocycles. The third-order valence-corrected chi connectivity index (χ3v) is 3.62. The number of imidazole rings is 1. The van der Waals surface area contributed by atoms with Crippen molar-refractivity contribution in [3.8, 4) is 0 Å². The largest absolute Gasteiger partial charge is 0.480 e. The quantitative estimate of drug-likeness (QED) is 0.847. The van der Waals surface area contributed by atoms with Crippen LogP contribution >= 0.6 is 0 Å². The first kappa shape index (κ1) is 14.1. The lowest BCUT2D eigenvalue weighted by atomic mass is 10.0. The van der Waals surface area contributed by atoms with Crippen LogP contribution in [0.25, 0.3) is 0 Å². The van der Waals surface area contributed by atoms with Gasteiger partial charge in [-0.05, 0) is 32.6 Å². The first-order chi connectivity index (χ1) is 8.99. The van der Waals surface area contributed by atoms with Gasteiger partial charge in [0.25, 0.3) is 0 Å². The van der Waals surface area contributed by atoms with Crippen molar-refractivity contribution in [2.24, 2.45) is 0 Å². The number of carboxylic acids is 1. The molecule has 0 aromatic carbocycles. The molecule has 1 aromatic rings. The molecule has 0 saturated carbocycles. The summed E-state index contributed by atoms with van der Waals surface area (Å²) >= 11 is 0. The lowest BCUT2D eigenvalue weighted by Crippen LogP contribution is -2.44. The summed E-state index contributed by atoms with van der Waals surface area (Å²) in [5.74, 6) is 0.134. The molecule has 2 N–H and O–H groups in total. The fourth-order valence-electron chi connectivity index (χ4n) is 2.76. The van der Waals surface area contributed by atoms with E-state index in [0.717, 1.165) is 24.4 Å². The van der Waals surface area contributed by atoms with Crippen LogP contribution in [0.1, 0.15) is 43.9 Å². The van der Waals surface area contributed by atoms with Crippen LogP contribution in [0.2, 0.25) is 0 Å². The summed E-state index contributed by atoms with van der Waals surface area (Å²) in [6.07, 6.45) is 4.41. The van der Waals surface area contributed by atoms with E-state index in [4.69, 9.17) is 0 Å². The smallest absolute Gasteiger partial charge is 0.322 e. The summed E-state index contributed by atoms with van der Waals surface area (Å²) in [4.78, 5) is 15.9. The fourth-order valence-corrected chi connectivity index (χ4v) is 2.76. The molecular formula is C14H23N3O2. The topological polar surface area (TPSA) is 67.2 Å². The number of carboxylic acid groups (broad SMARTS) is 1. The minimum atomic E-state index is -0.800. The van der Waals surface area contributed by atoms with Gasteiger partial charge in [-0.1, -0.05) is 13.8 Å². The van der Waals surface area contributed by atoms with Crippen LogP contribution in [0.5, 0.6) is 0 Å². The molecule has 1 aliphatic carbocycles. The second-order valence-electron chi connectivity index (χ2n) is 5.58. The molecular weight excluding hydrogens is 242 g/mol. The van der Waals surface area contributed by atoms with Gasteiger partial charge in [-0.25, -0.2) is 4.98 Å². The van der Waals surface area contributed by atoms with Crippen molar-refractivity contribution in [1.29, 1.82) is 0 Å². The zero-order chi connectivity index (χ0) is 14.0. The van der Waals surface area contributed by atoms with Gasteiger partial charge in [0, 0.05) is 11.7 Å². The Morgan fingerprint density at radius 3 is 2.74 bits per heavy atom. The van der Waals surface area contributed by atoms with Crippen LogP contribution in [0.3, 0.4) is 0 Å². The lowest BCUT2D eigenvalue weighted by molar-refractivity contribution is -0.140. The second-order valence-corrected chi connectivity index (χ2v) is 5.58. The van der Waals surface area contributed by atoms with Gasteiger partial charge >= 0.3 is 5.97 Å². The SMILES string of the molecule is Cc1nc2c(n1CC(NC(C)C)C(=O)O)CCCC2. The molecule has 5 heteroatoms. The molecule has 0 radical (unpaired) electrons. The van der Waals surface area contributed by atoms with Crippen molar-refractivity contribution in [2.45, 2.75) is 65.1 Å². The van der Waals surface area contributed by atoms with Gasteiger partial charge in [-0.2, -0.15) is 0 Å². The molecule has 5 nitrogen and oxygen atoms in total. The van der Waals surface area contributed by atoms with E-state index in [2.05, 4.69) is 14.9 Å². The van der Waals surface area contributed by atoms with Crippen molar-refractivity contribution in [3.63, 3.8) is 0 Å². The Morgan fingerprint density at radius 2 is 2.11 bits per heavy atom. The summed E-state index contributed by atoms with van der Waals surface area (Å²) in [7, 11) is 0. The highest BCUT2D eigenvalue weighted by molar-refractivity contribution is 5.73. The van der Waals surface area contributed by atoms with Gasteiger partial charge in [0.1, 0.15) is 11.9 Å². The van der Waals surface area contributed by atoms with Crippen LogP contribution in [-0.4, -0.2) is 32.7 Å². The van der Waals surface area contributed by atoms with E-state index >= 15 is 0 Å². The predicted octanol–water partition coefficient (Wildman–Crippen LogP) is 1.52. The Kier molecular flexibility index (Phi) is 4.24. The minimum absolute atomic E-state index is 0.153. The van der Waals surface area contributed by atoms with Gasteiger partial charge in [0.2, 0.25) is 0 Å². The molecule has 0 amide bonds. The second kappa shape index (κ2) is 5.74. The first-order valence-corrected chi connectivity index (χ1v) is 7.02. The number of hydrogen-bond acceptors (Lipinski definition) is 3. The minimum Gasteiger partial charge on any atom is -0.480 e. The normalized spacial score (nSPS) is 16.4. The van der Waals surface area contributed by atoms with E-state index in [0.29, 0.717) is 6.54 Å². The molecule has 1 unspecified atom stereocenters. The fraction of sp³-hybridized carbons (Fsp3) is 0.714. The van der Waals surface area contributed by atoms with Crippen molar-refractivity contribution in [2.75, 3.05) is 0 Å². The number of nitrogens with zero attached hydrogens (tertiary/aromatic N) is 2. The number of hydrogen-bond donors (Lipinski definition) is 2. The molecule has 1 atom stereocenters. The number of fused-ring (bicyclic) bond motifs is 1. The monoisotopic (exact) mass is 265 g/mol. The molecule has 0 fully saturated rings. The molecule has 1 aliphatic rings. The standard InChI is InChI=1S/C14H23N3O2/c1-9(2)15-12(14(18)19)8-17-10(3)16-11-6-4-5-7-13(11)17/h9,12,15H,4-8H2,1-3H3,(H,18,19). The number of aromatic nitrogens is 2. The Morgan fingerprint density at radius 1 is 1.42 bits per heavy atom. The Balaban J connectivity index is 2.21. The third-order valence-electron chi connectivity index (χ3n) is 3.62. The third kappa shape index (κ3) is 3.15. The number of aryl methyl sites for hydroxylation is 2. The van der Waals surface area contributed by atoms with Gasteiger partial charge in [-0.3, -0.25) is 4.79 Å². The molecule has 0 bridgehead atoms. The van der Waals surface area contributed by atoms with Crippen LogP contribution in [0.15, 0.2) is 0 Å². The van der Waals surface area contributed by atoms with Crippen molar-refractivity contribution in [1.82, 2.24) is 14.9 Å². The Hall–Kier alpha value is -1.36. The highest BCUT2D eigenvalue weighted by atomic mass is 16.4. The van der Waals surface area contributed by atoms with Crippen molar-refractivity contribution < 1.29 is 9.90 Å². The molecule has 0 aliphatic heterocycles. The first-order valence-electron chi connectivity index (χ1n) is 7.02. The zero-order valence-corrected chi connectivity index (χ0v) is 11.9. The van der Waals surface area contributed by atoms with Crippen LogP contribution in [-0.2, 0) is 24.2 Å².